The molecule has 6 heteroatoms. The van der Waals surface area contributed by atoms with Crippen molar-refractivity contribution in [3.63, 3.8) is 0 Å². The summed E-state index contributed by atoms with van der Waals surface area (Å²) in [6.07, 6.45) is 5.63. The number of nitrogens with zero attached hydrogens (tertiary/aromatic N) is 3. The average molecular weight is 889 g/mol. The second-order valence-corrected chi connectivity index (χ2v) is 15.5. The molecule has 0 atom stereocenters. The van der Waals surface area contributed by atoms with Crippen LogP contribution in [0.1, 0.15) is 58.2 Å². The Morgan fingerprint density at radius 3 is 2.07 bits per heavy atom. The summed E-state index contributed by atoms with van der Waals surface area (Å²) < 4.78 is 2.19. The van der Waals surface area contributed by atoms with Crippen LogP contribution in [-0.4, -0.2) is 19.6 Å². The van der Waals surface area contributed by atoms with Gasteiger partial charge in [-0.25, -0.2) is 4.98 Å². The molecule has 0 amide bonds. The number of hydrogen-bond donors (Lipinski definition) is 2. The molecule has 0 aliphatic carbocycles. The second-order valence-electron chi connectivity index (χ2n) is 15.5. The van der Waals surface area contributed by atoms with Crippen LogP contribution in [0.3, 0.4) is 0 Å². The van der Waals surface area contributed by atoms with E-state index in [1.165, 1.54) is 11.1 Å². The fourth-order valence-electron chi connectivity index (χ4n) is 6.52. The van der Waals surface area contributed by atoms with Gasteiger partial charge in [0.05, 0.1) is 16.6 Å². The number of nitrogens with one attached hydrogen (secondary N) is 1. The summed E-state index contributed by atoms with van der Waals surface area (Å²) in [5, 5.41) is 14.5. The van der Waals surface area contributed by atoms with E-state index in [4.69, 9.17) is 9.97 Å². The summed E-state index contributed by atoms with van der Waals surface area (Å²) >= 11 is 0. The van der Waals surface area contributed by atoms with E-state index in [9.17, 15) is 5.11 Å². The predicted octanol–water partition coefficient (Wildman–Crippen LogP) is 12.2. The van der Waals surface area contributed by atoms with Gasteiger partial charge < -0.3 is 10.4 Å². The van der Waals surface area contributed by atoms with E-state index in [0.717, 1.165) is 55.9 Å². The summed E-state index contributed by atoms with van der Waals surface area (Å²) in [5.74, 6) is 0.856. The number of allylic oxidation sites excluding steroid dienone is 2. The number of para-hydroxylation sites is 3. The van der Waals surface area contributed by atoms with Gasteiger partial charge in [-0.15, -0.1) is 29.8 Å². The molecule has 0 bridgehead atoms. The number of phenols is 1. The van der Waals surface area contributed by atoms with Crippen LogP contribution in [0, 0.1) is 6.07 Å². The van der Waals surface area contributed by atoms with Gasteiger partial charge in [-0.3, -0.25) is 9.55 Å². The molecule has 0 aliphatic heterocycles. The summed E-state index contributed by atoms with van der Waals surface area (Å²) in [6.45, 7) is 17.5. The normalized spacial score (nSPS) is 12.0. The minimum atomic E-state index is -0.0754. The SMILES string of the molecule is C=C/C(=C/Nc1ccccc1)c1ccnc(-c2[c-]c(-c3cccc4c3nc(-c3ccccc3O)n4-c3cc(C(C)(C)C)cc(C(C)(C)C)c3)ccc2)c1.[Pt]. The number of aromatic hydroxyl groups is 1. The first-order chi connectivity index (χ1) is 25.4. The van der Waals surface area contributed by atoms with Crippen LogP contribution in [0.4, 0.5) is 5.69 Å². The molecule has 0 saturated heterocycles. The number of aromatic nitrogens is 3. The number of benzene rings is 5. The molecule has 0 unspecified atom stereocenters. The Bertz CT molecular complexity index is 2450. The standard InChI is InChI=1S/C48H45N4O.Pt/c1-8-32(31-50-38-18-10-9-11-19-38)33-24-25-49-42(27-33)35-17-14-16-34(26-35)40-21-15-22-43-45(40)51-46(41-20-12-13-23-44(41)53)52(43)39-29-36(47(2,3)4)28-37(30-39)48(5,6)7;/h8-25,27-31,50,53H,1H2,2-7H3;/q-1;/b32-31-;. The smallest absolute Gasteiger partial charge is 0.148 e. The second kappa shape index (κ2) is 15.5. The van der Waals surface area contributed by atoms with E-state index in [0.29, 0.717) is 11.4 Å². The van der Waals surface area contributed by atoms with Crippen LogP contribution in [0.25, 0.3) is 56.1 Å². The van der Waals surface area contributed by atoms with Gasteiger partial charge in [0.2, 0.25) is 0 Å². The Balaban J connectivity index is 0.00000497. The fraction of sp³-hybridized carbons (Fsp3) is 0.167. The quantitative estimate of drug-likeness (QED) is 0.118. The van der Waals surface area contributed by atoms with Gasteiger partial charge in [0.15, 0.2) is 0 Å². The van der Waals surface area contributed by atoms with E-state index in [1.807, 2.05) is 85.2 Å². The van der Waals surface area contributed by atoms with Gasteiger partial charge in [0.1, 0.15) is 11.6 Å². The number of pyridine rings is 1. The van der Waals surface area contributed by atoms with Crippen LogP contribution in [0.15, 0.2) is 146 Å². The molecular formula is C48H45N4OPt-. The molecule has 0 fully saturated rings. The molecule has 274 valence electrons. The average Bonchev–Trinajstić information content (AvgIpc) is 3.55. The first kappa shape index (κ1) is 38.2. The van der Waals surface area contributed by atoms with E-state index in [-0.39, 0.29) is 37.6 Å². The first-order valence-electron chi connectivity index (χ1n) is 18.0. The predicted molar refractivity (Wildman–Crippen MR) is 221 cm³/mol. The van der Waals surface area contributed by atoms with Crippen molar-refractivity contribution in [2.75, 3.05) is 5.32 Å². The topological polar surface area (TPSA) is 63.0 Å². The Morgan fingerprint density at radius 1 is 0.741 bits per heavy atom. The summed E-state index contributed by atoms with van der Waals surface area (Å²) in [5.41, 5.74) is 12.2. The molecule has 0 saturated carbocycles. The molecule has 54 heavy (non-hydrogen) atoms. The molecule has 0 aliphatic rings. The van der Waals surface area contributed by atoms with Crippen LogP contribution in [-0.2, 0) is 31.9 Å². The Hall–Kier alpha value is -5.51. The maximum atomic E-state index is 11.2. The van der Waals surface area contributed by atoms with Crippen molar-refractivity contribution in [3.8, 4) is 45.2 Å². The van der Waals surface area contributed by atoms with Crippen LogP contribution in [0.2, 0.25) is 0 Å². The Kier molecular flexibility index (Phi) is 10.9. The van der Waals surface area contributed by atoms with Gasteiger partial charge in [0.25, 0.3) is 0 Å². The third-order valence-corrected chi connectivity index (χ3v) is 9.58. The number of phenolic OH excluding ortho intramolecular Hbond substituents is 1. The van der Waals surface area contributed by atoms with Gasteiger partial charge in [-0.05, 0) is 81.6 Å². The zero-order valence-electron chi connectivity index (χ0n) is 31.6. The van der Waals surface area contributed by atoms with Crippen molar-refractivity contribution < 1.29 is 26.2 Å². The van der Waals surface area contributed by atoms with Crippen LogP contribution in [0.5, 0.6) is 5.75 Å². The Labute approximate surface area is 333 Å². The van der Waals surface area contributed by atoms with Gasteiger partial charge in [-0.1, -0.05) is 120 Å². The molecule has 7 rings (SSSR count). The molecule has 5 nitrogen and oxygen atoms in total. The first-order valence-corrected chi connectivity index (χ1v) is 18.0. The van der Waals surface area contributed by atoms with Gasteiger partial charge >= 0.3 is 0 Å². The minimum absolute atomic E-state index is 0. The van der Waals surface area contributed by atoms with E-state index in [1.54, 1.807) is 6.07 Å². The van der Waals surface area contributed by atoms with E-state index >= 15 is 0 Å². The van der Waals surface area contributed by atoms with Crippen molar-refractivity contribution in [3.05, 3.63) is 169 Å². The molecule has 0 radical (unpaired) electrons. The summed E-state index contributed by atoms with van der Waals surface area (Å²) in [7, 11) is 0. The minimum Gasteiger partial charge on any atom is -0.507 e. The Morgan fingerprint density at radius 2 is 1.39 bits per heavy atom. The van der Waals surface area contributed by atoms with E-state index in [2.05, 4.69) is 113 Å². The third kappa shape index (κ3) is 7.88. The molecule has 2 heterocycles. The number of rotatable bonds is 8. The van der Waals surface area contributed by atoms with Gasteiger partial charge in [0, 0.05) is 50.5 Å². The van der Waals surface area contributed by atoms with Crippen LogP contribution >= 0.6 is 0 Å². The van der Waals surface area contributed by atoms with Crippen molar-refractivity contribution >= 4 is 22.3 Å². The number of anilines is 1. The maximum Gasteiger partial charge on any atom is 0.148 e. The molecular weight excluding hydrogens is 844 g/mol. The zero-order valence-corrected chi connectivity index (χ0v) is 33.9. The third-order valence-electron chi connectivity index (χ3n) is 9.58. The van der Waals surface area contributed by atoms with Crippen molar-refractivity contribution in [2.24, 2.45) is 0 Å². The largest absolute Gasteiger partial charge is 0.507 e. The summed E-state index contributed by atoms with van der Waals surface area (Å²) in [6, 6.07) is 44.5. The number of imidazole rings is 1. The van der Waals surface area contributed by atoms with Crippen molar-refractivity contribution in [1.82, 2.24) is 14.5 Å². The maximum absolute atomic E-state index is 11.2. The molecule has 2 N–H and O–H groups in total. The van der Waals surface area contributed by atoms with Crippen molar-refractivity contribution in [2.45, 2.75) is 52.4 Å². The van der Waals surface area contributed by atoms with E-state index < -0.39 is 0 Å². The molecule has 2 aromatic heterocycles. The zero-order chi connectivity index (χ0) is 37.3. The molecule has 5 aromatic carbocycles. The molecule has 7 aromatic rings. The monoisotopic (exact) mass is 888 g/mol. The van der Waals surface area contributed by atoms with Gasteiger partial charge in [-0.2, -0.15) is 0 Å². The van der Waals surface area contributed by atoms with Crippen LogP contribution < -0.4 is 5.32 Å². The summed E-state index contributed by atoms with van der Waals surface area (Å²) in [4.78, 5) is 10.1. The molecule has 0 spiro atoms. The van der Waals surface area contributed by atoms with Crippen molar-refractivity contribution in [1.29, 1.82) is 0 Å². The fourth-order valence-corrected chi connectivity index (χ4v) is 6.52. The number of fused-ring (bicyclic) bond motifs is 1. The number of hydrogen-bond acceptors (Lipinski definition) is 4.